The van der Waals surface area contributed by atoms with E-state index in [9.17, 15) is 35.9 Å². The van der Waals surface area contributed by atoms with Crippen molar-refractivity contribution in [2.75, 3.05) is 6.61 Å². The number of carbonyl (C=O) groups excluding carboxylic acids is 2. The van der Waals surface area contributed by atoms with E-state index in [1.54, 1.807) is 0 Å². The highest BCUT2D eigenvalue weighted by Crippen LogP contribution is 2.36. The molecule has 0 spiro atoms. The lowest BCUT2D eigenvalue weighted by molar-refractivity contribution is -0.145. The molecular formula is C30H45F6NO3. The van der Waals surface area contributed by atoms with Crippen molar-refractivity contribution in [2.24, 2.45) is 0 Å². The topological polar surface area (TPSA) is 55.4 Å². The highest BCUT2D eigenvalue weighted by molar-refractivity contribution is 5.98. The van der Waals surface area contributed by atoms with E-state index < -0.39 is 47.0 Å². The van der Waals surface area contributed by atoms with Crippen LogP contribution in [-0.4, -0.2) is 24.5 Å². The minimum Gasteiger partial charge on any atom is -0.464 e. The standard InChI is InChI=1S/C30H45F6NO3/c1-3-4-5-6-7-8-9-10-11-12-13-14-15-16-17-18-21-40-28(39)23(2)37-27(38)25-22-24(29(31,32)33)19-20-26(25)30(34,35)36/h19-20,22-23H,3-18,21H2,1-2H3,(H,37,38). The first-order valence-electron chi connectivity index (χ1n) is 14.6. The summed E-state index contributed by atoms with van der Waals surface area (Å²) in [6.07, 6.45) is 9.15. The summed E-state index contributed by atoms with van der Waals surface area (Å²) in [7, 11) is 0. The van der Waals surface area contributed by atoms with Gasteiger partial charge in [0.05, 0.1) is 23.3 Å². The molecule has 4 nitrogen and oxygen atoms in total. The second-order valence-electron chi connectivity index (χ2n) is 10.4. The Labute approximate surface area is 234 Å². The minimum absolute atomic E-state index is 0.0921. The van der Waals surface area contributed by atoms with Crippen molar-refractivity contribution in [1.82, 2.24) is 5.32 Å². The van der Waals surface area contributed by atoms with Gasteiger partial charge in [-0.1, -0.05) is 103 Å². The lowest BCUT2D eigenvalue weighted by atomic mass is 10.0. The fourth-order valence-electron chi connectivity index (χ4n) is 4.44. The highest BCUT2D eigenvalue weighted by Gasteiger charge is 2.39. The number of hydrogen-bond donors (Lipinski definition) is 1. The van der Waals surface area contributed by atoms with Gasteiger partial charge < -0.3 is 10.1 Å². The summed E-state index contributed by atoms with van der Waals surface area (Å²) >= 11 is 0. The molecule has 230 valence electrons. The van der Waals surface area contributed by atoms with Crippen LogP contribution in [0.1, 0.15) is 138 Å². The first-order chi connectivity index (χ1) is 18.9. The molecule has 0 heterocycles. The number of carbonyl (C=O) groups is 2. The first-order valence-corrected chi connectivity index (χ1v) is 14.6. The highest BCUT2D eigenvalue weighted by atomic mass is 19.4. The molecule has 0 radical (unpaired) electrons. The lowest BCUT2D eigenvalue weighted by Gasteiger charge is -2.18. The number of hydrogen-bond acceptors (Lipinski definition) is 3. The van der Waals surface area contributed by atoms with Crippen molar-refractivity contribution in [1.29, 1.82) is 0 Å². The van der Waals surface area contributed by atoms with Gasteiger partial charge in [0.2, 0.25) is 0 Å². The summed E-state index contributed by atoms with van der Waals surface area (Å²) in [6.45, 7) is 3.52. The van der Waals surface area contributed by atoms with Gasteiger partial charge in [-0.05, 0) is 31.5 Å². The molecule has 0 fully saturated rings. The molecule has 0 saturated heterocycles. The predicted molar refractivity (Wildman–Crippen MR) is 144 cm³/mol. The second-order valence-corrected chi connectivity index (χ2v) is 10.4. The van der Waals surface area contributed by atoms with Crippen molar-refractivity contribution in [3.05, 3.63) is 34.9 Å². The molecule has 1 rings (SSSR count). The van der Waals surface area contributed by atoms with Gasteiger partial charge in [-0.2, -0.15) is 26.3 Å². The quantitative estimate of drug-likeness (QED) is 0.0948. The summed E-state index contributed by atoms with van der Waals surface area (Å²) in [5.74, 6) is -2.31. The number of alkyl halides is 6. The normalized spacial score (nSPS) is 12.8. The van der Waals surface area contributed by atoms with Crippen molar-refractivity contribution < 1.29 is 40.7 Å². The molecule has 0 bridgehead atoms. The van der Waals surface area contributed by atoms with E-state index in [1.165, 1.54) is 77.6 Å². The van der Waals surface area contributed by atoms with Crippen LogP contribution in [0.5, 0.6) is 0 Å². The molecule has 1 atom stereocenters. The molecule has 1 aromatic rings. The van der Waals surface area contributed by atoms with Gasteiger partial charge in [0, 0.05) is 0 Å². The van der Waals surface area contributed by atoms with Crippen molar-refractivity contribution in [3.8, 4) is 0 Å². The molecule has 0 saturated carbocycles. The smallest absolute Gasteiger partial charge is 0.417 e. The number of halogens is 6. The van der Waals surface area contributed by atoms with E-state index in [0.29, 0.717) is 6.42 Å². The molecule has 0 aliphatic carbocycles. The van der Waals surface area contributed by atoms with Crippen LogP contribution in [0.25, 0.3) is 0 Å². The number of ether oxygens (including phenoxy) is 1. The lowest BCUT2D eigenvalue weighted by Crippen LogP contribution is -2.40. The maximum absolute atomic E-state index is 13.2. The van der Waals surface area contributed by atoms with Gasteiger partial charge >= 0.3 is 18.3 Å². The fraction of sp³-hybridized carbons (Fsp3) is 0.733. The van der Waals surface area contributed by atoms with Gasteiger partial charge in [-0.3, -0.25) is 4.79 Å². The van der Waals surface area contributed by atoms with Crippen LogP contribution in [0.2, 0.25) is 0 Å². The van der Waals surface area contributed by atoms with E-state index in [0.717, 1.165) is 25.7 Å². The van der Waals surface area contributed by atoms with Crippen LogP contribution in [0.15, 0.2) is 18.2 Å². The van der Waals surface area contributed by atoms with Crippen molar-refractivity contribution in [2.45, 2.75) is 135 Å². The van der Waals surface area contributed by atoms with Crippen molar-refractivity contribution >= 4 is 11.9 Å². The summed E-state index contributed by atoms with van der Waals surface area (Å²) in [6, 6.07) is -0.732. The maximum Gasteiger partial charge on any atom is 0.417 e. The Morgan fingerprint density at radius 2 is 1.18 bits per heavy atom. The zero-order valence-corrected chi connectivity index (χ0v) is 23.8. The molecule has 1 N–H and O–H groups in total. The van der Waals surface area contributed by atoms with Gasteiger partial charge in [0.25, 0.3) is 5.91 Å². The predicted octanol–water partition coefficient (Wildman–Crippen LogP) is 9.65. The SMILES string of the molecule is CCCCCCCCCCCCCCCCCCOC(=O)C(C)NC(=O)c1cc(C(F)(F)F)ccc1C(F)(F)F. The zero-order valence-electron chi connectivity index (χ0n) is 23.8. The van der Waals surface area contributed by atoms with E-state index in [4.69, 9.17) is 4.74 Å². The third-order valence-corrected chi connectivity index (χ3v) is 6.84. The van der Waals surface area contributed by atoms with Crippen LogP contribution in [-0.2, 0) is 21.9 Å². The second kappa shape index (κ2) is 19.0. The molecule has 1 aromatic carbocycles. The number of nitrogens with one attached hydrogen (secondary N) is 1. The Hall–Kier alpha value is -2.26. The van der Waals surface area contributed by atoms with Crippen LogP contribution in [0.4, 0.5) is 26.3 Å². The number of benzene rings is 1. The number of rotatable bonds is 20. The first kappa shape index (κ1) is 35.8. The van der Waals surface area contributed by atoms with E-state index in [2.05, 4.69) is 6.92 Å². The fourth-order valence-corrected chi connectivity index (χ4v) is 4.44. The Bertz CT molecular complexity index is 870. The molecular weight excluding hydrogens is 536 g/mol. The van der Waals surface area contributed by atoms with Crippen molar-refractivity contribution in [3.63, 3.8) is 0 Å². The molecule has 0 aromatic heterocycles. The number of esters is 1. The third-order valence-electron chi connectivity index (χ3n) is 6.84. The average Bonchev–Trinajstić information content (AvgIpc) is 2.88. The van der Waals surface area contributed by atoms with E-state index in [-0.39, 0.29) is 24.8 Å². The molecule has 40 heavy (non-hydrogen) atoms. The Balaban J connectivity index is 2.22. The van der Waals surface area contributed by atoms with Gasteiger partial charge in [0.1, 0.15) is 6.04 Å². The number of amides is 1. The monoisotopic (exact) mass is 581 g/mol. The van der Waals surface area contributed by atoms with Crippen LogP contribution in [0, 0.1) is 0 Å². The largest absolute Gasteiger partial charge is 0.464 e. The summed E-state index contributed by atoms with van der Waals surface area (Å²) in [5.41, 5.74) is -4.13. The Kier molecular flexibility index (Phi) is 17.0. The van der Waals surface area contributed by atoms with Gasteiger partial charge in [0.15, 0.2) is 0 Å². The number of unbranched alkanes of at least 4 members (excludes halogenated alkanes) is 15. The zero-order chi connectivity index (χ0) is 30.0. The third kappa shape index (κ3) is 14.9. The Morgan fingerprint density at radius 3 is 1.60 bits per heavy atom. The molecule has 10 heteroatoms. The van der Waals surface area contributed by atoms with Gasteiger partial charge in [-0.25, -0.2) is 4.79 Å². The van der Waals surface area contributed by atoms with Crippen LogP contribution < -0.4 is 5.32 Å². The summed E-state index contributed by atoms with van der Waals surface area (Å²) < 4.78 is 83.7. The van der Waals surface area contributed by atoms with E-state index in [1.807, 2.05) is 5.32 Å². The molecule has 0 aliphatic heterocycles. The molecule has 0 aliphatic rings. The van der Waals surface area contributed by atoms with Gasteiger partial charge in [-0.15, -0.1) is 0 Å². The Morgan fingerprint density at radius 1 is 0.725 bits per heavy atom. The van der Waals surface area contributed by atoms with Crippen LogP contribution >= 0.6 is 0 Å². The molecule has 1 amide bonds. The minimum atomic E-state index is -5.05. The maximum atomic E-state index is 13.2. The average molecular weight is 582 g/mol. The molecule has 1 unspecified atom stereocenters. The summed E-state index contributed by atoms with van der Waals surface area (Å²) in [4.78, 5) is 24.5. The van der Waals surface area contributed by atoms with E-state index >= 15 is 0 Å². The summed E-state index contributed by atoms with van der Waals surface area (Å²) in [5, 5.41) is 2.01. The van der Waals surface area contributed by atoms with Crippen LogP contribution in [0.3, 0.4) is 0 Å².